The van der Waals surface area contributed by atoms with E-state index in [0.717, 1.165) is 33.9 Å². The molecule has 0 aliphatic carbocycles. The molecule has 1 atom stereocenters. The minimum atomic E-state index is 0.0437. The molecule has 1 amide bonds. The van der Waals surface area contributed by atoms with Crippen LogP contribution in [-0.2, 0) is 11.3 Å². The molecule has 3 aromatic carbocycles. The number of ether oxygens (including phenoxy) is 1. The highest BCUT2D eigenvalue weighted by molar-refractivity contribution is 5.97. The topological polar surface area (TPSA) is 47.4 Å². The summed E-state index contributed by atoms with van der Waals surface area (Å²) in [6, 6.07) is 20.6. The number of fused-ring (bicyclic) bond motifs is 1. The third kappa shape index (κ3) is 4.18. The number of aryl methyl sites for hydroxylation is 4. The summed E-state index contributed by atoms with van der Waals surface area (Å²) in [5.74, 6) is 2.04. The molecule has 0 saturated carbocycles. The van der Waals surface area contributed by atoms with Crippen LogP contribution >= 0.6 is 0 Å². The van der Waals surface area contributed by atoms with Gasteiger partial charge >= 0.3 is 0 Å². The Kier molecular flexibility index (Phi) is 5.86. The molecule has 4 aromatic rings. The minimum absolute atomic E-state index is 0.0437. The summed E-state index contributed by atoms with van der Waals surface area (Å²) in [5, 5.41) is 0. The largest absolute Gasteiger partial charge is 0.492 e. The number of carbonyl (C=O) groups is 1. The van der Waals surface area contributed by atoms with Gasteiger partial charge in [-0.15, -0.1) is 0 Å². The lowest BCUT2D eigenvalue weighted by Gasteiger charge is -2.20. The number of anilines is 1. The maximum Gasteiger partial charge on any atom is 0.227 e. The normalized spacial score (nSPS) is 15.9. The molecule has 1 saturated heterocycles. The van der Waals surface area contributed by atoms with Crippen molar-refractivity contribution in [1.82, 2.24) is 9.55 Å². The molecule has 1 fully saturated rings. The monoisotopic (exact) mass is 453 g/mol. The zero-order valence-corrected chi connectivity index (χ0v) is 20.3. The van der Waals surface area contributed by atoms with Crippen molar-refractivity contribution in [3.63, 3.8) is 0 Å². The van der Waals surface area contributed by atoms with Gasteiger partial charge in [0.1, 0.15) is 18.2 Å². The number of benzene rings is 3. The van der Waals surface area contributed by atoms with Crippen LogP contribution in [0.25, 0.3) is 11.0 Å². The molecular formula is C29H31N3O2. The fourth-order valence-electron chi connectivity index (χ4n) is 4.92. The summed E-state index contributed by atoms with van der Waals surface area (Å²) in [7, 11) is 0. The van der Waals surface area contributed by atoms with Crippen LogP contribution in [0.15, 0.2) is 60.7 Å². The van der Waals surface area contributed by atoms with Crippen molar-refractivity contribution in [2.24, 2.45) is 0 Å². The van der Waals surface area contributed by atoms with Gasteiger partial charge in [0.2, 0.25) is 5.91 Å². The molecular weight excluding hydrogens is 422 g/mol. The molecule has 1 aliphatic rings. The van der Waals surface area contributed by atoms with Gasteiger partial charge in [0.05, 0.1) is 17.6 Å². The van der Waals surface area contributed by atoms with Crippen LogP contribution < -0.4 is 9.64 Å². The molecule has 5 rings (SSSR count). The van der Waals surface area contributed by atoms with E-state index in [1.807, 2.05) is 29.2 Å². The van der Waals surface area contributed by atoms with Gasteiger partial charge in [0.15, 0.2) is 0 Å². The second-order valence-electron chi connectivity index (χ2n) is 9.40. The average Bonchev–Trinajstić information content (AvgIpc) is 3.37. The average molecular weight is 454 g/mol. The third-order valence-corrected chi connectivity index (χ3v) is 6.88. The Morgan fingerprint density at radius 2 is 1.76 bits per heavy atom. The number of aromatic nitrogens is 2. The van der Waals surface area contributed by atoms with Crippen LogP contribution in [0.2, 0.25) is 0 Å². The fourth-order valence-corrected chi connectivity index (χ4v) is 4.92. The SMILES string of the molecule is Cc1ccc(N2CC(c3nc4ccccc4n3CCOc3ccc(C)c(C)c3)CC2=O)c(C)c1. The number of para-hydroxylation sites is 2. The Bertz CT molecular complexity index is 1370. The van der Waals surface area contributed by atoms with Gasteiger partial charge in [0, 0.05) is 24.6 Å². The molecule has 5 heteroatoms. The summed E-state index contributed by atoms with van der Waals surface area (Å²) in [6.07, 6.45) is 0.467. The van der Waals surface area contributed by atoms with Crippen molar-refractivity contribution < 1.29 is 9.53 Å². The van der Waals surface area contributed by atoms with Crippen molar-refractivity contribution >= 4 is 22.6 Å². The van der Waals surface area contributed by atoms with E-state index in [4.69, 9.17) is 9.72 Å². The van der Waals surface area contributed by atoms with Gasteiger partial charge in [-0.1, -0.05) is 35.9 Å². The standard InChI is InChI=1S/C29H31N3O2/c1-19-9-12-26(22(4)15-19)32-18-23(17-28(32)33)29-30-25-7-5-6-8-27(25)31(29)13-14-34-24-11-10-20(2)21(3)16-24/h5-12,15-16,23H,13-14,17-18H2,1-4H3. The molecule has 174 valence electrons. The summed E-state index contributed by atoms with van der Waals surface area (Å²) >= 11 is 0. The quantitative estimate of drug-likeness (QED) is 0.367. The van der Waals surface area contributed by atoms with Gasteiger partial charge in [0.25, 0.3) is 0 Å². The maximum absolute atomic E-state index is 13.0. The number of nitrogens with zero attached hydrogens (tertiary/aromatic N) is 3. The molecule has 0 spiro atoms. The van der Waals surface area contributed by atoms with Gasteiger partial charge in [-0.25, -0.2) is 4.98 Å². The molecule has 1 unspecified atom stereocenters. The lowest BCUT2D eigenvalue weighted by molar-refractivity contribution is -0.117. The molecule has 0 radical (unpaired) electrons. The van der Waals surface area contributed by atoms with Crippen molar-refractivity contribution in [3.8, 4) is 5.75 Å². The molecule has 5 nitrogen and oxygen atoms in total. The highest BCUT2D eigenvalue weighted by Crippen LogP contribution is 2.34. The van der Waals surface area contributed by atoms with E-state index in [1.165, 1.54) is 16.7 Å². The van der Waals surface area contributed by atoms with Crippen molar-refractivity contribution in [3.05, 3.63) is 88.7 Å². The predicted molar refractivity (Wildman–Crippen MR) is 137 cm³/mol. The highest BCUT2D eigenvalue weighted by Gasteiger charge is 2.35. The number of rotatable bonds is 6. The minimum Gasteiger partial charge on any atom is -0.492 e. The molecule has 0 bridgehead atoms. The van der Waals surface area contributed by atoms with Crippen LogP contribution in [0.3, 0.4) is 0 Å². The van der Waals surface area contributed by atoms with Crippen LogP contribution in [-0.4, -0.2) is 28.6 Å². The second-order valence-corrected chi connectivity index (χ2v) is 9.40. The Morgan fingerprint density at radius 3 is 2.56 bits per heavy atom. The zero-order valence-electron chi connectivity index (χ0n) is 20.3. The Balaban J connectivity index is 1.40. The van der Waals surface area contributed by atoms with Gasteiger partial charge in [-0.05, 0) is 74.7 Å². The first-order chi connectivity index (χ1) is 16.4. The van der Waals surface area contributed by atoms with Crippen LogP contribution in [0, 0.1) is 27.7 Å². The van der Waals surface area contributed by atoms with Crippen molar-refractivity contribution in [1.29, 1.82) is 0 Å². The highest BCUT2D eigenvalue weighted by atomic mass is 16.5. The van der Waals surface area contributed by atoms with Gasteiger partial charge in [-0.2, -0.15) is 0 Å². The first kappa shape index (κ1) is 22.2. The number of amides is 1. The maximum atomic E-state index is 13.0. The number of hydrogen-bond acceptors (Lipinski definition) is 3. The molecule has 0 N–H and O–H groups in total. The second kappa shape index (κ2) is 8.98. The van der Waals surface area contributed by atoms with Gasteiger partial charge in [-0.3, -0.25) is 4.79 Å². The van der Waals surface area contributed by atoms with Crippen molar-refractivity contribution in [2.45, 2.75) is 46.6 Å². The van der Waals surface area contributed by atoms with E-state index in [9.17, 15) is 4.79 Å². The smallest absolute Gasteiger partial charge is 0.227 e. The summed E-state index contributed by atoms with van der Waals surface area (Å²) in [5.41, 5.74) is 7.86. The molecule has 34 heavy (non-hydrogen) atoms. The van der Waals surface area contributed by atoms with E-state index in [2.05, 4.69) is 68.7 Å². The van der Waals surface area contributed by atoms with Crippen LogP contribution in [0.5, 0.6) is 5.75 Å². The van der Waals surface area contributed by atoms with Crippen molar-refractivity contribution in [2.75, 3.05) is 18.1 Å². The first-order valence-electron chi connectivity index (χ1n) is 11.9. The number of hydrogen-bond donors (Lipinski definition) is 0. The van der Waals surface area contributed by atoms with E-state index >= 15 is 0 Å². The van der Waals surface area contributed by atoms with Crippen LogP contribution in [0.1, 0.15) is 40.4 Å². The summed E-state index contributed by atoms with van der Waals surface area (Å²) in [4.78, 5) is 19.9. The van der Waals surface area contributed by atoms with E-state index < -0.39 is 0 Å². The fraction of sp³-hybridized carbons (Fsp3) is 0.310. The Hall–Kier alpha value is -3.60. The Morgan fingerprint density at radius 1 is 0.941 bits per heavy atom. The third-order valence-electron chi connectivity index (χ3n) is 6.88. The predicted octanol–water partition coefficient (Wildman–Crippen LogP) is 5.87. The Labute approximate surface area is 201 Å². The van der Waals surface area contributed by atoms with E-state index in [-0.39, 0.29) is 11.8 Å². The molecule has 2 heterocycles. The van der Waals surface area contributed by atoms with Gasteiger partial charge < -0.3 is 14.2 Å². The lowest BCUT2D eigenvalue weighted by Crippen LogP contribution is -2.25. The summed E-state index contributed by atoms with van der Waals surface area (Å²) in [6.45, 7) is 10.2. The zero-order chi connectivity index (χ0) is 23.8. The molecule has 1 aromatic heterocycles. The lowest BCUT2D eigenvalue weighted by atomic mass is 10.1. The first-order valence-corrected chi connectivity index (χ1v) is 11.9. The number of carbonyl (C=O) groups excluding carboxylic acids is 1. The van der Waals surface area contributed by atoms with E-state index in [1.54, 1.807) is 0 Å². The number of imidazole rings is 1. The summed E-state index contributed by atoms with van der Waals surface area (Å²) < 4.78 is 8.33. The van der Waals surface area contributed by atoms with Crippen LogP contribution in [0.4, 0.5) is 5.69 Å². The van der Waals surface area contributed by atoms with E-state index in [0.29, 0.717) is 26.1 Å². The molecule has 1 aliphatic heterocycles.